The largest absolute Gasteiger partial charge is 0.366 e. The highest BCUT2D eigenvalue weighted by molar-refractivity contribution is 5.61. The van der Waals surface area contributed by atoms with Crippen molar-refractivity contribution in [3.8, 4) is 6.07 Å². The van der Waals surface area contributed by atoms with E-state index in [9.17, 15) is 0 Å². The lowest BCUT2D eigenvalue weighted by molar-refractivity contribution is 1.02. The molecule has 1 heterocycles. The lowest BCUT2D eigenvalue weighted by Gasteiger charge is -2.10. The van der Waals surface area contributed by atoms with E-state index in [4.69, 9.17) is 5.26 Å². The summed E-state index contributed by atoms with van der Waals surface area (Å²) in [6.45, 7) is 4.62. The first-order chi connectivity index (χ1) is 12.1. The van der Waals surface area contributed by atoms with Gasteiger partial charge in [-0.2, -0.15) is 5.26 Å². The van der Waals surface area contributed by atoms with Gasteiger partial charge in [-0.15, -0.1) is 0 Å². The van der Waals surface area contributed by atoms with Gasteiger partial charge in [-0.1, -0.05) is 35.9 Å². The Morgan fingerprint density at radius 3 is 2.48 bits per heavy atom. The summed E-state index contributed by atoms with van der Waals surface area (Å²) in [6, 6.07) is 19.7. The quantitative estimate of drug-likeness (QED) is 0.729. The van der Waals surface area contributed by atoms with Crippen LogP contribution in [0.15, 0.2) is 54.6 Å². The Balaban J connectivity index is 1.73. The predicted octanol–water partition coefficient (Wildman–Crippen LogP) is 4.32. The van der Waals surface area contributed by atoms with E-state index in [0.717, 1.165) is 11.5 Å². The van der Waals surface area contributed by atoms with E-state index in [1.807, 2.05) is 25.1 Å². The van der Waals surface area contributed by atoms with E-state index >= 15 is 0 Å². The Kier molecular flexibility index (Phi) is 4.91. The molecule has 0 aliphatic heterocycles. The van der Waals surface area contributed by atoms with Gasteiger partial charge in [-0.25, -0.2) is 9.97 Å². The molecule has 0 amide bonds. The summed E-state index contributed by atoms with van der Waals surface area (Å²) in [5.74, 6) is 2.12. The first-order valence-corrected chi connectivity index (χ1v) is 8.05. The third-order valence-corrected chi connectivity index (χ3v) is 3.70. The molecule has 0 aliphatic carbocycles. The SMILES string of the molecule is Cc1ccc(CNc2cc(Nc3cccc(C#N)c3)nc(C)n2)cc1. The molecule has 2 N–H and O–H groups in total. The maximum Gasteiger partial charge on any atom is 0.136 e. The molecule has 0 aliphatic rings. The standard InChI is InChI=1S/C20H19N5/c1-14-6-8-16(9-7-14)13-22-19-11-20(24-15(2)23-19)25-18-5-3-4-17(10-18)12-21/h3-11H,13H2,1-2H3,(H2,22,23,24,25). The number of nitriles is 1. The van der Waals surface area contributed by atoms with Gasteiger partial charge in [0.15, 0.2) is 0 Å². The molecule has 0 fully saturated rings. The summed E-state index contributed by atoms with van der Waals surface area (Å²) >= 11 is 0. The number of aromatic nitrogens is 2. The highest BCUT2D eigenvalue weighted by atomic mass is 15.1. The topological polar surface area (TPSA) is 73.6 Å². The second kappa shape index (κ2) is 7.45. The molecule has 5 heteroatoms. The maximum absolute atomic E-state index is 9.00. The van der Waals surface area contributed by atoms with Gasteiger partial charge in [0.2, 0.25) is 0 Å². The first kappa shape index (κ1) is 16.5. The average Bonchev–Trinajstić information content (AvgIpc) is 2.61. The van der Waals surface area contributed by atoms with Crippen molar-refractivity contribution in [1.82, 2.24) is 9.97 Å². The number of benzene rings is 2. The van der Waals surface area contributed by atoms with Crippen molar-refractivity contribution in [2.75, 3.05) is 10.6 Å². The second-order valence-corrected chi connectivity index (χ2v) is 5.84. The van der Waals surface area contributed by atoms with Crippen molar-refractivity contribution < 1.29 is 0 Å². The first-order valence-electron chi connectivity index (χ1n) is 8.05. The smallest absolute Gasteiger partial charge is 0.136 e. The van der Waals surface area contributed by atoms with E-state index in [0.29, 0.717) is 23.8 Å². The zero-order chi connectivity index (χ0) is 17.6. The van der Waals surface area contributed by atoms with Crippen LogP contribution < -0.4 is 10.6 Å². The van der Waals surface area contributed by atoms with E-state index in [1.54, 1.807) is 12.1 Å². The molecule has 2 aromatic carbocycles. The molecule has 5 nitrogen and oxygen atoms in total. The van der Waals surface area contributed by atoms with Crippen molar-refractivity contribution in [2.45, 2.75) is 20.4 Å². The number of nitrogens with zero attached hydrogens (tertiary/aromatic N) is 3. The van der Waals surface area contributed by atoms with Crippen LogP contribution in [0.5, 0.6) is 0 Å². The summed E-state index contributed by atoms with van der Waals surface area (Å²) in [7, 11) is 0. The normalized spacial score (nSPS) is 10.1. The lowest BCUT2D eigenvalue weighted by Crippen LogP contribution is -2.05. The molecule has 3 rings (SSSR count). The molecular formula is C20H19N5. The zero-order valence-corrected chi connectivity index (χ0v) is 14.2. The summed E-state index contributed by atoms with van der Waals surface area (Å²) in [5.41, 5.74) is 3.86. The van der Waals surface area contributed by atoms with Gasteiger partial charge in [-0.05, 0) is 37.6 Å². The molecule has 0 unspecified atom stereocenters. The molecule has 1 aromatic heterocycles. The molecule has 0 saturated heterocycles. The Labute approximate surface area is 147 Å². The number of hydrogen-bond donors (Lipinski definition) is 2. The van der Waals surface area contributed by atoms with E-state index < -0.39 is 0 Å². The van der Waals surface area contributed by atoms with Crippen LogP contribution in [-0.2, 0) is 6.54 Å². The fourth-order valence-corrected chi connectivity index (χ4v) is 2.44. The van der Waals surface area contributed by atoms with Crippen LogP contribution in [0.4, 0.5) is 17.3 Å². The number of nitrogens with one attached hydrogen (secondary N) is 2. The molecule has 25 heavy (non-hydrogen) atoms. The van der Waals surface area contributed by atoms with Crippen molar-refractivity contribution in [3.63, 3.8) is 0 Å². The van der Waals surface area contributed by atoms with Crippen LogP contribution in [0.2, 0.25) is 0 Å². The number of anilines is 3. The summed E-state index contributed by atoms with van der Waals surface area (Å²) < 4.78 is 0. The predicted molar refractivity (Wildman–Crippen MR) is 99.7 cm³/mol. The highest BCUT2D eigenvalue weighted by Crippen LogP contribution is 2.19. The fourth-order valence-electron chi connectivity index (χ4n) is 2.44. The van der Waals surface area contributed by atoms with Crippen LogP contribution >= 0.6 is 0 Å². The Morgan fingerprint density at radius 2 is 1.72 bits per heavy atom. The molecule has 3 aromatic rings. The van der Waals surface area contributed by atoms with Crippen LogP contribution in [0.1, 0.15) is 22.5 Å². The molecule has 0 atom stereocenters. The van der Waals surface area contributed by atoms with Gasteiger partial charge in [0.1, 0.15) is 17.5 Å². The van der Waals surface area contributed by atoms with E-state index in [-0.39, 0.29) is 0 Å². The van der Waals surface area contributed by atoms with Gasteiger partial charge in [-0.3, -0.25) is 0 Å². The zero-order valence-electron chi connectivity index (χ0n) is 14.2. The average molecular weight is 329 g/mol. The van der Waals surface area contributed by atoms with E-state index in [1.165, 1.54) is 11.1 Å². The second-order valence-electron chi connectivity index (χ2n) is 5.84. The fraction of sp³-hybridized carbons (Fsp3) is 0.150. The third kappa shape index (κ3) is 4.55. The molecule has 0 saturated carbocycles. The van der Waals surface area contributed by atoms with E-state index in [2.05, 4.69) is 57.9 Å². The monoisotopic (exact) mass is 329 g/mol. The lowest BCUT2D eigenvalue weighted by atomic mass is 10.1. The molecule has 0 spiro atoms. The highest BCUT2D eigenvalue weighted by Gasteiger charge is 2.04. The van der Waals surface area contributed by atoms with Crippen LogP contribution in [-0.4, -0.2) is 9.97 Å². The van der Waals surface area contributed by atoms with Gasteiger partial charge in [0.05, 0.1) is 11.6 Å². The number of hydrogen-bond acceptors (Lipinski definition) is 5. The molecular weight excluding hydrogens is 310 g/mol. The maximum atomic E-state index is 9.00. The summed E-state index contributed by atoms with van der Waals surface area (Å²) in [4.78, 5) is 8.83. The van der Waals surface area contributed by atoms with Crippen molar-refractivity contribution in [3.05, 3.63) is 77.1 Å². The minimum absolute atomic E-state index is 0.605. The van der Waals surface area contributed by atoms with Crippen molar-refractivity contribution in [1.29, 1.82) is 5.26 Å². The third-order valence-electron chi connectivity index (χ3n) is 3.70. The van der Waals surface area contributed by atoms with Gasteiger partial charge in [0, 0.05) is 18.3 Å². The molecule has 0 bridgehead atoms. The van der Waals surface area contributed by atoms with Crippen molar-refractivity contribution in [2.24, 2.45) is 0 Å². The Bertz CT molecular complexity index is 910. The van der Waals surface area contributed by atoms with Gasteiger partial charge < -0.3 is 10.6 Å². The van der Waals surface area contributed by atoms with Crippen LogP contribution in [0, 0.1) is 25.2 Å². The number of rotatable bonds is 5. The minimum Gasteiger partial charge on any atom is -0.366 e. The van der Waals surface area contributed by atoms with Gasteiger partial charge in [0.25, 0.3) is 0 Å². The summed E-state index contributed by atoms with van der Waals surface area (Å²) in [6.07, 6.45) is 0. The summed E-state index contributed by atoms with van der Waals surface area (Å²) in [5, 5.41) is 15.5. The Hall–Kier alpha value is -3.39. The van der Waals surface area contributed by atoms with Gasteiger partial charge >= 0.3 is 0 Å². The number of aryl methyl sites for hydroxylation is 2. The molecule has 0 radical (unpaired) electrons. The Morgan fingerprint density at radius 1 is 0.960 bits per heavy atom. The molecule has 124 valence electrons. The van der Waals surface area contributed by atoms with Crippen molar-refractivity contribution >= 4 is 17.3 Å². The minimum atomic E-state index is 0.605. The van der Waals surface area contributed by atoms with Crippen LogP contribution in [0.3, 0.4) is 0 Å². The van der Waals surface area contributed by atoms with Crippen LogP contribution in [0.25, 0.3) is 0 Å².